The van der Waals surface area contributed by atoms with Crippen LogP contribution in [0.15, 0.2) is 29.8 Å². The summed E-state index contributed by atoms with van der Waals surface area (Å²) in [6.07, 6.45) is 2.87. The molecule has 5 nitrogen and oxygen atoms in total. The lowest BCUT2D eigenvalue weighted by atomic mass is 10.0. The second-order valence-corrected chi connectivity index (χ2v) is 6.14. The standard InChI is InChI=1S/C19H24N2O3/c1-5-11-20-17(22)16(12-15-9-7-13(3)8-10-15)18(23)21(19(20)24)14(4)6-2/h7-10,12,14H,5-6,11H2,1-4H3/b16-12-/t14-/m1/s1. The highest BCUT2D eigenvalue weighted by molar-refractivity contribution is 6.31. The Balaban J connectivity index is 2.47. The van der Waals surface area contributed by atoms with Crippen LogP contribution >= 0.6 is 0 Å². The Labute approximate surface area is 142 Å². The van der Waals surface area contributed by atoms with E-state index in [4.69, 9.17) is 0 Å². The van der Waals surface area contributed by atoms with E-state index in [9.17, 15) is 14.4 Å². The lowest BCUT2D eigenvalue weighted by Gasteiger charge is -2.36. The van der Waals surface area contributed by atoms with Crippen LogP contribution in [0.5, 0.6) is 0 Å². The number of aryl methyl sites for hydroxylation is 1. The fourth-order valence-electron chi connectivity index (χ4n) is 2.62. The van der Waals surface area contributed by atoms with Gasteiger partial charge in [0.25, 0.3) is 11.8 Å². The third kappa shape index (κ3) is 3.40. The van der Waals surface area contributed by atoms with Crippen LogP contribution in [-0.4, -0.2) is 40.2 Å². The quantitative estimate of drug-likeness (QED) is 0.615. The molecule has 2 rings (SSSR count). The second kappa shape index (κ2) is 7.43. The van der Waals surface area contributed by atoms with E-state index >= 15 is 0 Å². The Morgan fingerprint density at radius 3 is 2.21 bits per heavy atom. The third-order valence-electron chi connectivity index (χ3n) is 4.23. The molecule has 1 heterocycles. The van der Waals surface area contributed by atoms with Crippen LogP contribution in [0.2, 0.25) is 0 Å². The van der Waals surface area contributed by atoms with Crippen LogP contribution in [-0.2, 0) is 9.59 Å². The highest BCUT2D eigenvalue weighted by Gasteiger charge is 2.43. The van der Waals surface area contributed by atoms with Gasteiger partial charge in [0.1, 0.15) is 5.57 Å². The van der Waals surface area contributed by atoms with E-state index in [2.05, 4.69) is 0 Å². The Kier molecular flexibility index (Phi) is 5.54. The third-order valence-corrected chi connectivity index (χ3v) is 4.23. The second-order valence-electron chi connectivity index (χ2n) is 6.14. The molecule has 1 aliphatic heterocycles. The van der Waals surface area contributed by atoms with Gasteiger partial charge in [0.15, 0.2) is 0 Å². The molecule has 0 unspecified atom stereocenters. The summed E-state index contributed by atoms with van der Waals surface area (Å²) in [6.45, 7) is 7.91. The molecule has 0 bridgehead atoms. The largest absolute Gasteiger partial charge is 0.334 e. The fourth-order valence-corrected chi connectivity index (χ4v) is 2.62. The summed E-state index contributed by atoms with van der Waals surface area (Å²) in [5, 5.41) is 0. The topological polar surface area (TPSA) is 57.7 Å². The summed E-state index contributed by atoms with van der Waals surface area (Å²) >= 11 is 0. The molecule has 1 aliphatic rings. The van der Waals surface area contributed by atoms with E-state index in [1.54, 1.807) is 6.08 Å². The Morgan fingerprint density at radius 2 is 1.67 bits per heavy atom. The highest BCUT2D eigenvalue weighted by Crippen LogP contribution is 2.23. The number of benzene rings is 1. The molecule has 1 saturated heterocycles. The summed E-state index contributed by atoms with van der Waals surface area (Å²) in [5.41, 5.74) is 1.92. The molecule has 0 radical (unpaired) electrons. The van der Waals surface area contributed by atoms with Crippen molar-refractivity contribution in [2.24, 2.45) is 0 Å². The molecule has 0 N–H and O–H groups in total. The maximum absolute atomic E-state index is 12.8. The Bertz CT molecular complexity index is 676. The lowest BCUT2D eigenvalue weighted by molar-refractivity contribution is -0.137. The average Bonchev–Trinajstić information content (AvgIpc) is 2.57. The summed E-state index contributed by atoms with van der Waals surface area (Å²) in [5.74, 6) is -1.01. The number of nitrogens with zero attached hydrogens (tertiary/aromatic N) is 2. The van der Waals surface area contributed by atoms with Gasteiger partial charge in [-0.3, -0.25) is 19.4 Å². The van der Waals surface area contributed by atoms with Crippen molar-refractivity contribution in [1.82, 2.24) is 9.80 Å². The lowest BCUT2D eigenvalue weighted by Crippen LogP contribution is -2.58. The predicted octanol–water partition coefficient (Wildman–Crippen LogP) is 3.38. The molecule has 1 aromatic rings. The van der Waals surface area contributed by atoms with Crippen LogP contribution in [0.3, 0.4) is 0 Å². The van der Waals surface area contributed by atoms with E-state index in [0.29, 0.717) is 19.4 Å². The van der Waals surface area contributed by atoms with Crippen molar-refractivity contribution in [3.05, 3.63) is 41.0 Å². The zero-order valence-electron chi connectivity index (χ0n) is 14.7. The normalized spacial score (nSPS) is 18.5. The van der Waals surface area contributed by atoms with E-state index < -0.39 is 17.8 Å². The van der Waals surface area contributed by atoms with E-state index in [1.807, 2.05) is 52.0 Å². The summed E-state index contributed by atoms with van der Waals surface area (Å²) in [6, 6.07) is 6.80. The first-order valence-corrected chi connectivity index (χ1v) is 8.38. The maximum atomic E-state index is 12.8. The number of amides is 4. The molecule has 1 fully saturated rings. The van der Waals surface area contributed by atoms with Crippen molar-refractivity contribution in [1.29, 1.82) is 0 Å². The van der Waals surface area contributed by atoms with Gasteiger partial charge in [-0.25, -0.2) is 4.79 Å². The van der Waals surface area contributed by atoms with Crippen LogP contribution < -0.4 is 0 Å². The molecule has 0 spiro atoms. The molecular weight excluding hydrogens is 304 g/mol. The van der Waals surface area contributed by atoms with E-state index in [0.717, 1.165) is 11.1 Å². The number of hydrogen-bond donors (Lipinski definition) is 0. The van der Waals surface area contributed by atoms with Gasteiger partial charge in [-0.15, -0.1) is 0 Å². The summed E-state index contributed by atoms with van der Waals surface area (Å²) in [7, 11) is 0. The first kappa shape index (κ1) is 17.9. The molecule has 0 saturated carbocycles. The van der Waals surface area contributed by atoms with Gasteiger partial charge in [-0.2, -0.15) is 0 Å². The fraction of sp³-hybridized carbons (Fsp3) is 0.421. The smallest absolute Gasteiger partial charge is 0.268 e. The number of carbonyl (C=O) groups is 3. The summed E-state index contributed by atoms with van der Waals surface area (Å²) < 4.78 is 0. The first-order chi connectivity index (χ1) is 11.4. The molecule has 4 amide bonds. The van der Waals surface area contributed by atoms with Gasteiger partial charge < -0.3 is 0 Å². The van der Waals surface area contributed by atoms with Crippen molar-refractivity contribution in [2.45, 2.75) is 46.6 Å². The minimum absolute atomic E-state index is 0.0483. The van der Waals surface area contributed by atoms with Gasteiger partial charge in [-0.1, -0.05) is 43.7 Å². The maximum Gasteiger partial charge on any atom is 0.334 e. The molecule has 128 valence electrons. The monoisotopic (exact) mass is 328 g/mol. The molecule has 24 heavy (non-hydrogen) atoms. The molecule has 5 heteroatoms. The number of rotatable bonds is 5. The Hall–Kier alpha value is -2.43. The number of carbonyl (C=O) groups excluding carboxylic acids is 3. The first-order valence-electron chi connectivity index (χ1n) is 8.38. The van der Waals surface area contributed by atoms with Gasteiger partial charge in [0, 0.05) is 12.6 Å². The summed E-state index contributed by atoms with van der Waals surface area (Å²) in [4.78, 5) is 40.4. The van der Waals surface area contributed by atoms with Crippen molar-refractivity contribution in [2.75, 3.05) is 6.54 Å². The Morgan fingerprint density at radius 1 is 1.04 bits per heavy atom. The van der Waals surface area contributed by atoms with Gasteiger partial charge in [-0.05, 0) is 38.3 Å². The van der Waals surface area contributed by atoms with Crippen LogP contribution in [0.25, 0.3) is 6.08 Å². The molecule has 1 aromatic carbocycles. The number of urea groups is 1. The van der Waals surface area contributed by atoms with Crippen LogP contribution in [0, 0.1) is 6.92 Å². The van der Waals surface area contributed by atoms with Crippen molar-refractivity contribution < 1.29 is 14.4 Å². The van der Waals surface area contributed by atoms with Crippen molar-refractivity contribution in [3.63, 3.8) is 0 Å². The zero-order valence-corrected chi connectivity index (χ0v) is 14.7. The molecule has 0 aliphatic carbocycles. The minimum atomic E-state index is -0.512. The van der Waals surface area contributed by atoms with Gasteiger partial charge >= 0.3 is 6.03 Å². The van der Waals surface area contributed by atoms with Crippen molar-refractivity contribution >= 4 is 23.9 Å². The SMILES string of the molecule is CCCN1C(=O)/C(=C/c2ccc(C)cc2)C(=O)N([C@H](C)CC)C1=O. The molecule has 0 aromatic heterocycles. The number of imide groups is 2. The van der Waals surface area contributed by atoms with Gasteiger partial charge in [0.2, 0.25) is 0 Å². The van der Waals surface area contributed by atoms with Crippen molar-refractivity contribution in [3.8, 4) is 0 Å². The number of barbiturate groups is 1. The predicted molar refractivity (Wildman–Crippen MR) is 93.2 cm³/mol. The molecule has 1 atom stereocenters. The number of hydrogen-bond acceptors (Lipinski definition) is 3. The zero-order chi connectivity index (χ0) is 17.9. The van der Waals surface area contributed by atoms with Gasteiger partial charge in [0.05, 0.1) is 0 Å². The average molecular weight is 328 g/mol. The van der Waals surface area contributed by atoms with E-state index in [-0.39, 0.29) is 11.6 Å². The van der Waals surface area contributed by atoms with Crippen LogP contribution in [0.4, 0.5) is 4.79 Å². The highest BCUT2D eigenvalue weighted by atomic mass is 16.2. The van der Waals surface area contributed by atoms with E-state index in [1.165, 1.54) is 9.80 Å². The van der Waals surface area contributed by atoms with Crippen LogP contribution in [0.1, 0.15) is 44.7 Å². The minimum Gasteiger partial charge on any atom is -0.268 e. The molecular formula is C19H24N2O3.